The van der Waals surface area contributed by atoms with Crippen molar-refractivity contribution >= 4 is 17.1 Å². The molecule has 3 heterocycles. The van der Waals surface area contributed by atoms with Crippen molar-refractivity contribution in [2.45, 2.75) is 18.9 Å². The molecule has 1 fully saturated rings. The van der Waals surface area contributed by atoms with Crippen LogP contribution in [0.3, 0.4) is 0 Å². The number of H-pyrrole nitrogens is 1. The van der Waals surface area contributed by atoms with E-state index in [1.165, 1.54) is 12.1 Å². The zero-order valence-electron chi connectivity index (χ0n) is 14.1. The minimum absolute atomic E-state index is 0.0475. The third-order valence-electron chi connectivity index (χ3n) is 4.99. The Morgan fingerprint density at radius 2 is 1.92 bits per heavy atom. The Morgan fingerprint density at radius 1 is 1.19 bits per heavy atom. The number of hydrogen-bond acceptors (Lipinski definition) is 4. The van der Waals surface area contributed by atoms with Gasteiger partial charge in [-0.2, -0.15) is 0 Å². The number of rotatable bonds is 3. The minimum Gasteiger partial charge on any atom is -0.388 e. The quantitative estimate of drug-likeness (QED) is 0.758. The predicted octanol–water partition coefficient (Wildman–Crippen LogP) is 2.68. The number of aromatic nitrogens is 3. The van der Waals surface area contributed by atoms with Crippen LogP contribution in [0.5, 0.6) is 0 Å². The molecule has 1 unspecified atom stereocenters. The highest BCUT2D eigenvalue weighted by atomic mass is 19.1. The van der Waals surface area contributed by atoms with Crippen LogP contribution >= 0.6 is 0 Å². The van der Waals surface area contributed by atoms with Crippen molar-refractivity contribution in [3.05, 3.63) is 59.8 Å². The summed E-state index contributed by atoms with van der Waals surface area (Å²) >= 11 is 0. The number of fused-ring (bicyclic) bond motifs is 1. The lowest BCUT2D eigenvalue weighted by Crippen LogP contribution is -2.40. The summed E-state index contributed by atoms with van der Waals surface area (Å²) in [5, 5.41) is 10.5. The van der Waals surface area contributed by atoms with Gasteiger partial charge in [-0.25, -0.2) is 14.4 Å². The van der Waals surface area contributed by atoms with E-state index in [1.54, 1.807) is 35.5 Å². The van der Waals surface area contributed by atoms with Crippen LogP contribution in [0.4, 0.5) is 4.39 Å². The number of piperidine rings is 1. The lowest BCUT2D eigenvalue weighted by atomic mass is 9.87. The zero-order valence-corrected chi connectivity index (χ0v) is 14.1. The van der Waals surface area contributed by atoms with Crippen LogP contribution in [0.25, 0.3) is 11.2 Å². The second kappa shape index (κ2) is 6.84. The number of aliphatic hydroxyl groups is 1. The largest absolute Gasteiger partial charge is 0.388 e. The molecule has 0 aliphatic carbocycles. The molecule has 0 bridgehead atoms. The first kappa shape index (κ1) is 16.7. The number of benzene rings is 1. The molecule has 0 spiro atoms. The highest BCUT2D eigenvalue weighted by molar-refractivity contribution is 5.94. The number of nitrogens with zero attached hydrogens (tertiary/aromatic N) is 3. The third-order valence-corrected chi connectivity index (χ3v) is 4.99. The van der Waals surface area contributed by atoms with Gasteiger partial charge >= 0.3 is 0 Å². The summed E-state index contributed by atoms with van der Waals surface area (Å²) in [6, 6.07) is 9.43. The molecule has 134 valence electrons. The van der Waals surface area contributed by atoms with E-state index in [2.05, 4.69) is 15.0 Å². The van der Waals surface area contributed by atoms with Crippen molar-refractivity contribution in [2.24, 2.45) is 5.92 Å². The Kier molecular flexibility index (Phi) is 4.38. The van der Waals surface area contributed by atoms with E-state index in [0.717, 1.165) is 5.52 Å². The van der Waals surface area contributed by atoms with Gasteiger partial charge in [-0.15, -0.1) is 0 Å². The standard InChI is InChI=1S/C19H19FN4O2/c20-14-3-1-12(2-4-14)17(25)13-7-9-24(10-8-13)19(26)16-6-5-15-18(23-16)22-11-21-15/h1-6,11,13,17,25H,7-10H2,(H,21,22,23). The topological polar surface area (TPSA) is 82.1 Å². The fraction of sp³-hybridized carbons (Fsp3) is 0.316. The van der Waals surface area contributed by atoms with Crippen molar-refractivity contribution < 1.29 is 14.3 Å². The Balaban J connectivity index is 1.41. The number of carbonyl (C=O) groups excluding carboxylic acids is 1. The number of halogens is 1. The first-order valence-electron chi connectivity index (χ1n) is 8.65. The van der Waals surface area contributed by atoms with Crippen LogP contribution < -0.4 is 0 Å². The van der Waals surface area contributed by atoms with Gasteiger partial charge in [0.05, 0.1) is 17.9 Å². The lowest BCUT2D eigenvalue weighted by molar-refractivity contribution is 0.0458. The molecule has 3 aromatic rings. The van der Waals surface area contributed by atoms with Crippen LogP contribution in [-0.2, 0) is 0 Å². The lowest BCUT2D eigenvalue weighted by Gasteiger charge is -2.34. The Labute approximate surface area is 149 Å². The first-order chi connectivity index (χ1) is 12.6. The summed E-state index contributed by atoms with van der Waals surface area (Å²) in [5.74, 6) is -0.390. The number of pyridine rings is 1. The van der Waals surface area contributed by atoms with Crippen LogP contribution in [0.2, 0.25) is 0 Å². The molecule has 2 aromatic heterocycles. The van der Waals surface area contributed by atoms with E-state index in [0.29, 0.717) is 42.8 Å². The summed E-state index contributed by atoms with van der Waals surface area (Å²) in [6.07, 6.45) is 2.28. The van der Waals surface area contributed by atoms with E-state index < -0.39 is 6.10 Å². The first-order valence-corrected chi connectivity index (χ1v) is 8.65. The van der Waals surface area contributed by atoms with Gasteiger partial charge in [-0.05, 0) is 48.6 Å². The Morgan fingerprint density at radius 3 is 2.65 bits per heavy atom. The van der Waals surface area contributed by atoms with E-state index in [1.807, 2.05) is 0 Å². The molecular formula is C19H19FN4O2. The molecule has 1 saturated heterocycles. The Bertz CT molecular complexity index is 917. The maximum atomic E-state index is 13.0. The smallest absolute Gasteiger partial charge is 0.272 e. The number of hydrogen-bond donors (Lipinski definition) is 2. The molecule has 1 atom stereocenters. The van der Waals surface area contributed by atoms with Gasteiger partial charge in [0.15, 0.2) is 5.65 Å². The van der Waals surface area contributed by atoms with Gasteiger partial charge in [0.25, 0.3) is 5.91 Å². The zero-order chi connectivity index (χ0) is 18.1. The van der Waals surface area contributed by atoms with E-state index >= 15 is 0 Å². The fourth-order valence-corrected chi connectivity index (χ4v) is 3.45. The molecule has 0 saturated carbocycles. The number of aromatic amines is 1. The normalized spacial score (nSPS) is 16.8. The molecule has 4 rings (SSSR count). The van der Waals surface area contributed by atoms with Crippen LogP contribution in [0.1, 0.15) is 35.0 Å². The monoisotopic (exact) mass is 354 g/mol. The van der Waals surface area contributed by atoms with Crippen molar-refractivity contribution in [2.75, 3.05) is 13.1 Å². The molecule has 1 aliphatic heterocycles. The number of imidazole rings is 1. The minimum atomic E-state index is -0.647. The molecule has 7 heteroatoms. The van der Waals surface area contributed by atoms with Gasteiger partial charge in [0, 0.05) is 13.1 Å². The summed E-state index contributed by atoms with van der Waals surface area (Å²) in [5.41, 5.74) is 2.41. The summed E-state index contributed by atoms with van der Waals surface area (Å²) in [4.78, 5) is 25.8. The highest BCUT2D eigenvalue weighted by Crippen LogP contribution is 2.31. The van der Waals surface area contributed by atoms with Crippen LogP contribution in [0, 0.1) is 11.7 Å². The second-order valence-electron chi connectivity index (χ2n) is 6.60. The maximum Gasteiger partial charge on any atom is 0.272 e. The van der Waals surface area contributed by atoms with Gasteiger partial charge in [-0.1, -0.05) is 12.1 Å². The van der Waals surface area contributed by atoms with Gasteiger partial charge in [0.2, 0.25) is 0 Å². The average Bonchev–Trinajstić information content (AvgIpc) is 3.15. The molecule has 1 aliphatic rings. The van der Waals surface area contributed by atoms with Gasteiger partial charge < -0.3 is 15.0 Å². The predicted molar refractivity (Wildman–Crippen MR) is 93.9 cm³/mol. The molecule has 0 radical (unpaired) electrons. The molecule has 1 aromatic carbocycles. The van der Waals surface area contributed by atoms with E-state index in [4.69, 9.17) is 0 Å². The summed E-state index contributed by atoms with van der Waals surface area (Å²) in [7, 11) is 0. The van der Waals surface area contributed by atoms with Crippen molar-refractivity contribution in [1.82, 2.24) is 19.9 Å². The number of amides is 1. The van der Waals surface area contributed by atoms with Crippen LogP contribution in [0.15, 0.2) is 42.7 Å². The number of aliphatic hydroxyl groups excluding tert-OH is 1. The van der Waals surface area contributed by atoms with E-state index in [-0.39, 0.29) is 17.6 Å². The van der Waals surface area contributed by atoms with Crippen molar-refractivity contribution in [1.29, 1.82) is 0 Å². The number of nitrogens with one attached hydrogen (secondary N) is 1. The summed E-state index contributed by atoms with van der Waals surface area (Å²) < 4.78 is 13.0. The van der Waals surface area contributed by atoms with Crippen molar-refractivity contribution in [3.63, 3.8) is 0 Å². The van der Waals surface area contributed by atoms with Gasteiger partial charge in [-0.3, -0.25) is 4.79 Å². The second-order valence-corrected chi connectivity index (χ2v) is 6.60. The Hall–Kier alpha value is -2.80. The summed E-state index contributed by atoms with van der Waals surface area (Å²) in [6.45, 7) is 1.12. The number of likely N-dealkylation sites (tertiary alicyclic amines) is 1. The molecular weight excluding hydrogens is 335 g/mol. The van der Waals surface area contributed by atoms with Crippen molar-refractivity contribution in [3.8, 4) is 0 Å². The fourth-order valence-electron chi connectivity index (χ4n) is 3.45. The molecule has 6 nitrogen and oxygen atoms in total. The maximum absolute atomic E-state index is 13.0. The van der Waals surface area contributed by atoms with Gasteiger partial charge in [0.1, 0.15) is 11.5 Å². The molecule has 26 heavy (non-hydrogen) atoms. The highest BCUT2D eigenvalue weighted by Gasteiger charge is 2.29. The third kappa shape index (κ3) is 3.17. The SMILES string of the molecule is O=C(c1ccc2[nH]cnc2n1)N1CCC(C(O)c2ccc(F)cc2)CC1. The molecule has 1 amide bonds. The average molecular weight is 354 g/mol. The van der Waals surface area contributed by atoms with Crippen LogP contribution in [-0.4, -0.2) is 44.0 Å². The number of carbonyl (C=O) groups is 1. The molecule has 2 N–H and O–H groups in total. The van der Waals surface area contributed by atoms with E-state index in [9.17, 15) is 14.3 Å².